The minimum absolute atomic E-state index is 0.130. The molecule has 0 aliphatic carbocycles. The molecule has 1 fully saturated rings. The molecule has 1 unspecified atom stereocenters. The summed E-state index contributed by atoms with van der Waals surface area (Å²) in [5.41, 5.74) is 3.24. The number of fused-ring (bicyclic) bond motifs is 1. The molecule has 0 saturated carbocycles. The Labute approximate surface area is 149 Å². The molecule has 0 bridgehead atoms. The summed E-state index contributed by atoms with van der Waals surface area (Å²) >= 11 is 0. The van der Waals surface area contributed by atoms with Gasteiger partial charge in [0.05, 0.1) is 30.4 Å². The van der Waals surface area contributed by atoms with Gasteiger partial charge in [-0.15, -0.1) is 0 Å². The van der Waals surface area contributed by atoms with E-state index < -0.39 is 5.92 Å². The third-order valence-electron chi connectivity index (χ3n) is 4.55. The lowest BCUT2D eigenvalue weighted by Gasteiger charge is -2.12. The normalized spacial score (nSPS) is 18.2. The van der Waals surface area contributed by atoms with Crippen LogP contribution in [-0.2, 0) is 22.7 Å². The molecule has 8 heteroatoms. The van der Waals surface area contributed by atoms with E-state index in [0.29, 0.717) is 25.3 Å². The van der Waals surface area contributed by atoms with Gasteiger partial charge < -0.3 is 10.2 Å². The van der Waals surface area contributed by atoms with Crippen molar-refractivity contribution in [3.8, 4) is 17.5 Å². The van der Waals surface area contributed by atoms with Crippen molar-refractivity contribution in [3.05, 3.63) is 41.6 Å². The van der Waals surface area contributed by atoms with Gasteiger partial charge in [-0.1, -0.05) is 30.3 Å². The second kappa shape index (κ2) is 6.44. The van der Waals surface area contributed by atoms with Crippen molar-refractivity contribution in [2.24, 2.45) is 5.92 Å². The molecule has 0 radical (unpaired) electrons. The predicted octanol–water partition coefficient (Wildman–Crippen LogP) is 1.01. The van der Waals surface area contributed by atoms with E-state index in [1.54, 1.807) is 4.90 Å². The molecule has 26 heavy (non-hydrogen) atoms. The Morgan fingerprint density at radius 3 is 2.77 bits per heavy atom. The van der Waals surface area contributed by atoms with Crippen LogP contribution in [0.25, 0.3) is 11.3 Å². The lowest BCUT2D eigenvalue weighted by atomic mass is 10.1. The van der Waals surface area contributed by atoms with Crippen LogP contribution in [0.5, 0.6) is 0 Å². The Morgan fingerprint density at radius 1 is 1.27 bits per heavy atom. The second-order valence-corrected chi connectivity index (χ2v) is 6.34. The zero-order chi connectivity index (χ0) is 18.1. The first-order chi connectivity index (χ1) is 12.6. The summed E-state index contributed by atoms with van der Waals surface area (Å²) in [7, 11) is 0. The van der Waals surface area contributed by atoms with Crippen LogP contribution in [0.4, 0.5) is 5.95 Å². The molecular formula is C18H16N6O2. The summed E-state index contributed by atoms with van der Waals surface area (Å²) < 4.78 is 0. The first-order valence-electron chi connectivity index (χ1n) is 8.31. The topological polar surface area (TPSA) is 111 Å². The number of nitrogens with zero attached hydrogens (tertiary/aromatic N) is 4. The van der Waals surface area contributed by atoms with E-state index in [1.165, 1.54) is 0 Å². The highest BCUT2D eigenvalue weighted by atomic mass is 16.2. The number of anilines is 1. The number of hydrogen-bond acceptors (Lipinski definition) is 6. The van der Waals surface area contributed by atoms with Gasteiger partial charge in [0.25, 0.3) is 0 Å². The average Bonchev–Trinajstić information content (AvgIpc) is 3.27. The molecule has 2 aliphatic rings. The van der Waals surface area contributed by atoms with Crippen molar-refractivity contribution in [1.29, 1.82) is 5.26 Å². The molecule has 1 aromatic carbocycles. The fourth-order valence-corrected chi connectivity index (χ4v) is 3.22. The first-order valence-corrected chi connectivity index (χ1v) is 8.31. The van der Waals surface area contributed by atoms with Crippen molar-refractivity contribution >= 4 is 17.8 Å². The van der Waals surface area contributed by atoms with Crippen LogP contribution >= 0.6 is 0 Å². The van der Waals surface area contributed by atoms with E-state index in [1.807, 2.05) is 30.3 Å². The molecule has 1 aromatic heterocycles. The van der Waals surface area contributed by atoms with Crippen molar-refractivity contribution in [1.82, 2.24) is 20.2 Å². The average molecular weight is 348 g/mol. The molecule has 2 aromatic rings. The van der Waals surface area contributed by atoms with Gasteiger partial charge in [0.15, 0.2) is 6.19 Å². The quantitative estimate of drug-likeness (QED) is 0.801. The number of carbonyl (C=O) groups is 2. The zero-order valence-corrected chi connectivity index (χ0v) is 13.9. The molecule has 0 spiro atoms. The van der Waals surface area contributed by atoms with Crippen molar-refractivity contribution in [2.75, 3.05) is 11.9 Å². The van der Waals surface area contributed by atoms with E-state index in [-0.39, 0.29) is 24.2 Å². The molecule has 1 atom stereocenters. The summed E-state index contributed by atoms with van der Waals surface area (Å²) in [5.74, 6) is -0.631. The fourth-order valence-electron chi connectivity index (χ4n) is 3.22. The standard InChI is InChI=1S/C18H16N6O2/c19-10-24-8-13-14(9-24)21-18(22-16(13)11-4-2-1-3-5-11)23-17(26)12-6-15(25)20-7-12/h1-5,12H,6-9H2,(H,20,25)(H,21,22,23,26). The monoisotopic (exact) mass is 348 g/mol. The molecular weight excluding hydrogens is 332 g/mol. The summed E-state index contributed by atoms with van der Waals surface area (Å²) in [5, 5.41) is 14.6. The van der Waals surface area contributed by atoms with Gasteiger partial charge in [-0.05, 0) is 0 Å². The van der Waals surface area contributed by atoms with Gasteiger partial charge >= 0.3 is 0 Å². The van der Waals surface area contributed by atoms with Gasteiger partial charge in [-0.3, -0.25) is 14.9 Å². The van der Waals surface area contributed by atoms with Gasteiger partial charge in [-0.2, -0.15) is 5.26 Å². The molecule has 2 amide bonds. The maximum atomic E-state index is 12.4. The third kappa shape index (κ3) is 2.95. The van der Waals surface area contributed by atoms with Crippen molar-refractivity contribution < 1.29 is 9.59 Å². The van der Waals surface area contributed by atoms with Crippen LogP contribution in [-0.4, -0.2) is 33.2 Å². The fraction of sp³-hybridized carbons (Fsp3) is 0.278. The highest BCUT2D eigenvalue weighted by Crippen LogP contribution is 2.31. The lowest BCUT2D eigenvalue weighted by Crippen LogP contribution is -2.26. The SMILES string of the molecule is N#CN1Cc2nc(NC(=O)C3CNC(=O)C3)nc(-c3ccccc3)c2C1. The van der Waals surface area contributed by atoms with Crippen LogP contribution in [0, 0.1) is 17.4 Å². The van der Waals surface area contributed by atoms with Gasteiger partial charge in [0.2, 0.25) is 17.8 Å². The van der Waals surface area contributed by atoms with Crippen LogP contribution in [0.2, 0.25) is 0 Å². The molecule has 3 heterocycles. The summed E-state index contributed by atoms with van der Waals surface area (Å²) in [4.78, 5) is 34.2. The Bertz CT molecular complexity index is 921. The van der Waals surface area contributed by atoms with Gasteiger partial charge in [-0.25, -0.2) is 9.97 Å². The Hall–Kier alpha value is -3.47. The lowest BCUT2D eigenvalue weighted by molar-refractivity contribution is -0.123. The van der Waals surface area contributed by atoms with Crippen LogP contribution in [0.3, 0.4) is 0 Å². The van der Waals surface area contributed by atoms with Crippen LogP contribution in [0.1, 0.15) is 17.7 Å². The first kappa shape index (κ1) is 16.0. The highest BCUT2D eigenvalue weighted by molar-refractivity contribution is 5.96. The number of aromatic nitrogens is 2. The number of hydrogen-bond donors (Lipinski definition) is 2. The van der Waals surface area contributed by atoms with E-state index in [4.69, 9.17) is 0 Å². The van der Waals surface area contributed by atoms with Gasteiger partial charge in [0, 0.05) is 24.1 Å². The number of carbonyl (C=O) groups excluding carboxylic acids is 2. The minimum Gasteiger partial charge on any atom is -0.355 e. The molecule has 8 nitrogen and oxygen atoms in total. The number of benzene rings is 1. The minimum atomic E-state index is -0.421. The van der Waals surface area contributed by atoms with E-state index >= 15 is 0 Å². The third-order valence-corrected chi connectivity index (χ3v) is 4.55. The number of nitrogens with one attached hydrogen (secondary N) is 2. The zero-order valence-electron chi connectivity index (χ0n) is 13.9. The van der Waals surface area contributed by atoms with Crippen LogP contribution in [0.15, 0.2) is 30.3 Å². The maximum absolute atomic E-state index is 12.4. The highest BCUT2D eigenvalue weighted by Gasteiger charge is 2.30. The molecule has 2 aliphatic heterocycles. The molecule has 2 N–H and O–H groups in total. The van der Waals surface area contributed by atoms with Crippen LogP contribution < -0.4 is 10.6 Å². The smallest absolute Gasteiger partial charge is 0.232 e. The van der Waals surface area contributed by atoms with Crippen molar-refractivity contribution in [2.45, 2.75) is 19.5 Å². The van der Waals surface area contributed by atoms with E-state index in [9.17, 15) is 14.9 Å². The Kier molecular flexibility index (Phi) is 3.97. The predicted molar refractivity (Wildman–Crippen MR) is 92.1 cm³/mol. The van der Waals surface area contributed by atoms with E-state index in [0.717, 1.165) is 16.8 Å². The molecule has 130 valence electrons. The Morgan fingerprint density at radius 2 is 2.08 bits per heavy atom. The largest absolute Gasteiger partial charge is 0.355 e. The van der Waals surface area contributed by atoms with Crippen molar-refractivity contribution in [3.63, 3.8) is 0 Å². The number of amides is 2. The van der Waals surface area contributed by atoms with E-state index in [2.05, 4.69) is 26.8 Å². The number of nitriles is 1. The summed E-state index contributed by atoms with van der Waals surface area (Å²) in [6, 6.07) is 9.61. The maximum Gasteiger partial charge on any atom is 0.232 e. The molecule has 1 saturated heterocycles. The second-order valence-electron chi connectivity index (χ2n) is 6.34. The Balaban J connectivity index is 1.67. The summed E-state index contributed by atoms with van der Waals surface area (Å²) in [6.45, 7) is 1.16. The number of rotatable bonds is 3. The van der Waals surface area contributed by atoms with Gasteiger partial charge in [0.1, 0.15) is 0 Å². The molecule has 4 rings (SSSR count). The summed E-state index contributed by atoms with van der Waals surface area (Å²) in [6.07, 6.45) is 2.30.